The second-order valence-electron chi connectivity index (χ2n) is 8.20. The van der Waals surface area contributed by atoms with E-state index in [0.29, 0.717) is 13.0 Å². The van der Waals surface area contributed by atoms with Gasteiger partial charge in [0.1, 0.15) is 11.4 Å². The standard InChI is InChI=1S/C18H29NO3Si/c1-17(2,3)23(5,6)22-14-9-7-13(8-10-14)11-15(19)16(20)18(4)12-21-18/h7-10,15H,11-12,19H2,1-6H3. The van der Waals surface area contributed by atoms with E-state index < -0.39 is 20.0 Å². The molecule has 1 saturated heterocycles. The van der Waals surface area contributed by atoms with Gasteiger partial charge in [-0.1, -0.05) is 32.9 Å². The summed E-state index contributed by atoms with van der Waals surface area (Å²) >= 11 is 0. The number of epoxide rings is 1. The average molecular weight is 336 g/mol. The summed E-state index contributed by atoms with van der Waals surface area (Å²) in [5.41, 5.74) is 6.41. The van der Waals surface area contributed by atoms with Crippen molar-refractivity contribution in [3.05, 3.63) is 29.8 Å². The Morgan fingerprint density at radius 1 is 1.35 bits per heavy atom. The third kappa shape index (κ3) is 4.22. The molecule has 0 radical (unpaired) electrons. The van der Waals surface area contributed by atoms with E-state index in [1.165, 1.54) is 0 Å². The van der Waals surface area contributed by atoms with E-state index >= 15 is 0 Å². The predicted octanol–water partition coefficient (Wildman–Crippen LogP) is 3.30. The Kier molecular flexibility index (Phi) is 4.77. The molecule has 1 heterocycles. The lowest BCUT2D eigenvalue weighted by Crippen LogP contribution is -2.43. The molecule has 128 valence electrons. The average Bonchev–Trinajstić information content (AvgIpc) is 3.17. The van der Waals surface area contributed by atoms with Gasteiger partial charge in [-0.2, -0.15) is 0 Å². The number of hydrogen-bond donors (Lipinski definition) is 1. The van der Waals surface area contributed by atoms with Crippen LogP contribution in [0, 0.1) is 0 Å². The maximum absolute atomic E-state index is 12.1. The van der Waals surface area contributed by atoms with Crippen molar-refractivity contribution < 1.29 is 14.0 Å². The van der Waals surface area contributed by atoms with Crippen molar-refractivity contribution in [3.8, 4) is 5.75 Å². The zero-order valence-corrected chi connectivity index (χ0v) is 16.1. The molecular weight excluding hydrogens is 306 g/mol. The van der Waals surface area contributed by atoms with Gasteiger partial charge in [-0.3, -0.25) is 4.79 Å². The highest BCUT2D eigenvalue weighted by Gasteiger charge is 2.48. The molecule has 0 spiro atoms. The lowest BCUT2D eigenvalue weighted by atomic mass is 9.96. The molecule has 0 bridgehead atoms. The van der Waals surface area contributed by atoms with E-state index in [1.54, 1.807) is 6.92 Å². The molecule has 1 aromatic carbocycles. The summed E-state index contributed by atoms with van der Waals surface area (Å²) in [6.07, 6.45) is 0.526. The first-order valence-corrected chi connectivity index (χ1v) is 11.1. The van der Waals surface area contributed by atoms with Crippen LogP contribution in [0.5, 0.6) is 5.75 Å². The molecule has 0 saturated carbocycles. The zero-order chi connectivity index (χ0) is 17.5. The summed E-state index contributed by atoms with van der Waals surface area (Å²) in [6, 6.07) is 7.41. The van der Waals surface area contributed by atoms with Gasteiger partial charge >= 0.3 is 0 Å². The fourth-order valence-corrected chi connectivity index (χ4v) is 3.16. The predicted molar refractivity (Wildman–Crippen MR) is 95.3 cm³/mol. The Bertz CT molecular complexity index is 571. The van der Waals surface area contributed by atoms with Crippen LogP contribution in [0.1, 0.15) is 33.3 Å². The molecule has 5 heteroatoms. The molecule has 2 N–H and O–H groups in total. The van der Waals surface area contributed by atoms with E-state index in [-0.39, 0.29) is 10.8 Å². The van der Waals surface area contributed by atoms with Gasteiger partial charge in [-0.25, -0.2) is 0 Å². The Hall–Kier alpha value is -1.17. The normalized spacial score (nSPS) is 22.6. The summed E-state index contributed by atoms with van der Waals surface area (Å²) < 4.78 is 11.4. The summed E-state index contributed by atoms with van der Waals surface area (Å²) in [7, 11) is -1.82. The van der Waals surface area contributed by atoms with Gasteiger partial charge in [-0.05, 0) is 49.2 Å². The van der Waals surface area contributed by atoms with Crippen molar-refractivity contribution in [2.24, 2.45) is 5.73 Å². The lowest BCUT2D eigenvalue weighted by molar-refractivity contribution is -0.124. The van der Waals surface area contributed by atoms with Gasteiger partial charge in [0.15, 0.2) is 5.78 Å². The molecule has 0 aliphatic carbocycles. The number of carbonyl (C=O) groups is 1. The molecule has 1 aliphatic rings. The molecular formula is C18H29NO3Si. The second kappa shape index (κ2) is 6.04. The van der Waals surface area contributed by atoms with Gasteiger partial charge in [0.05, 0.1) is 12.6 Å². The van der Waals surface area contributed by atoms with Crippen LogP contribution in [-0.4, -0.2) is 32.4 Å². The Balaban J connectivity index is 1.98. The molecule has 1 aromatic rings. The fraction of sp³-hybridized carbons (Fsp3) is 0.611. The third-order valence-electron chi connectivity index (χ3n) is 4.99. The molecule has 4 nitrogen and oxygen atoms in total. The fourth-order valence-electron chi connectivity index (χ4n) is 2.13. The monoisotopic (exact) mass is 335 g/mol. The SMILES string of the molecule is CC1(C(=O)C(N)Cc2ccc(O[Si](C)(C)C(C)(C)C)cc2)CO1. The molecule has 23 heavy (non-hydrogen) atoms. The number of ether oxygens (including phenoxy) is 1. The van der Waals surface area contributed by atoms with E-state index in [4.69, 9.17) is 14.9 Å². The third-order valence-corrected chi connectivity index (χ3v) is 9.35. The van der Waals surface area contributed by atoms with Gasteiger partial charge in [-0.15, -0.1) is 0 Å². The summed E-state index contributed by atoms with van der Waals surface area (Å²) in [6.45, 7) is 13.4. The van der Waals surface area contributed by atoms with Crippen molar-refractivity contribution in [1.29, 1.82) is 0 Å². The number of hydrogen-bond acceptors (Lipinski definition) is 4. The highest BCUT2D eigenvalue weighted by molar-refractivity contribution is 6.74. The number of nitrogens with two attached hydrogens (primary N) is 1. The van der Waals surface area contributed by atoms with Crippen LogP contribution in [-0.2, 0) is 16.0 Å². The second-order valence-corrected chi connectivity index (χ2v) is 12.9. The van der Waals surface area contributed by atoms with Crippen molar-refractivity contribution in [3.63, 3.8) is 0 Å². The van der Waals surface area contributed by atoms with Crippen LogP contribution in [0.3, 0.4) is 0 Å². The van der Waals surface area contributed by atoms with Crippen LogP contribution in [0.4, 0.5) is 0 Å². The molecule has 0 amide bonds. The van der Waals surface area contributed by atoms with E-state index in [9.17, 15) is 4.79 Å². The topological polar surface area (TPSA) is 64.9 Å². The van der Waals surface area contributed by atoms with E-state index in [0.717, 1.165) is 11.3 Å². The molecule has 2 unspecified atom stereocenters. The summed E-state index contributed by atoms with van der Waals surface area (Å²) in [5, 5.41) is 0.167. The van der Waals surface area contributed by atoms with Crippen LogP contribution in [0.15, 0.2) is 24.3 Å². The molecule has 1 aliphatic heterocycles. The molecule has 2 rings (SSSR count). The van der Waals surface area contributed by atoms with Crippen molar-refractivity contribution in [2.45, 2.75) is 63.9 Å². The van der Waals surface area contributed by atoms with Gasteiger partial charge < -0.3 is 14.9 Å². The van der Waals surface area contributed by atoms with Crippen molar-refractivity contribution in [1.82, 2.24) is 0 Å². The lowest BCUT2D eigenvalue weighted by Gasteiger charge is -2.36. The quantitative estimate of drug-likeness (QED) is 0.640. The highest BCUT2D eigenvalue weighted by atomic mass is 28.4. The number of rotatable bonds is 6. The number of benzene rings is 1. The maximum atomic E-state index is 12.1. The highest BCUT2D eigenvalue weighted by Crippen LogP contribution is 2.37. The Labute approximate surface area is 140 Å². The van der Waals surface area contributed by atoms with Gasteiger partial charge in [0.25, 0.3) is 0 Å². The molecule has 2 atom stereocenters. The first-order chi connectivity index (χ1) is 10.4. The minimum Gasteiger partial charge on any atom is -0.544 e. The minimum absolute atomic E-state index is 0.0147. The van der Waals surface area contributed by atoms with E-state index in [1.807, 2.05) is 24.3 Å². The zero-order valence-electron chi connectivity index (χ0n) is 15.1. The number of Topliss-reactive ketones (excluding diaryl/α,β-unsaturated/α-hetero) is 1. The van der Waals surface area contributed by atoms with Crippen molar-refractivity contribution >= 4 is 14.1 Å². The molecule has 1 fully saturated rings. The largest absolute Gasteiger partial charge is 0.544 e. The summed E-state index contributed by atoms with van der Waals surface area (Å²) in [4.78, 5) is 12.1. The number of ketones is 1. The summed E-state index contributed by atoms with van der Waals surface area (Å²) in [5.74, 6) is 0.872. The van der Waals surface area contributed by atoms with Crippen LogP contribution >= 0.6 is 0 Å². The Morgan fingerprint density at radius 3 is 2.30 bits per heavy atom. The van der Waals surface area contributed by atoms with E-state index in [2.05, 4.69) is 33.9 Å². The van der Waals surface area contributed by atoms with Crippen LogP contribution in [0.2, 0.25) is 18.1 Å². The van der Waals surface area contributed by atoms with Gasteiger partial charge in [0, 0.05) is 0 Å². The maximum Gasteiger partial charge on any atom is 0.250 e. The van der Waals surface area contributed by atoms with Crippen LogP contribution in [0.25, 0.3) is 0 Å². The minimum atomic E-state index is -1.82. The molecule has 0 aromatic heterocycles. The number of carbonyl (C=O) groups excluding carboxylic acids is 1. The first-order valence-electron chi connectivity index (χ1n) is 8.16. The Morgan fingerprint density at radius 2 is 1.87 bits per heavy atom. The van der Waals surface area contributed by atoms with Crippen molar-refractivity contribution in [2.75, 3.05) is 6.61 Å². The smallest absolute Gasteiger partial charge is 0.250 e. The van der Waals surface area contributed by atoms with Gasteiger partial charge in [0.2, 0.25) is 8.32 Å². The van der Waals surface area contributed by atoms with Crippen LogP contribution < -0.4 is 10.2 Å². The first kappa shape index (κ1) is 18.2.